The Hall–Kier alpha value is -3.84. The Kier molecular flexibility index (Phi) is 3.75. The number of rotatable bonds is 3. The van der Waals surface area contributed by atoms with Gasteiger partial charge in [0.15, 0.2) is 0 Å². The van der Waals surface area contributed by atoms with Gasteiger partial charge in [0.1, 0.15) is 5.75 Å². The molecule has 5 aromatic carbocycles. The first kappa shape index (κ1) is 17.1. The fourth-order valence-corrected chi connectivity index (χ4v) is 4.71. The van der Waals surface area contributed by atoms with Crippen molar-refractivity contribution in [3.05, 3.63) is 103 Å². The molecule has 0 bridgehead atoms. The van der Waals surface area contributed by atoms with Gasteiger partial charge in [-0.05, 0) is 73.5 Å². The molecule has 0 heterocycles. The summed E-state index contributed by atoms with van der Waals surface area (Å²) < 4.78 is 5.48. The van der Waals surface area contributed by atoms with E-state index in [1.807, 2.05) is 6.07 Å². The smallest absolute Gasteiger partial charge is 0.119 e. The quantitative estimate of drug-likeness (QED) is 0.302. The van der Waals surface area contributed by atoms with Crippen LogP contribution in [0.3, 0.4) is 0 Å². The zero-order valence-corrected chi connectivity index (χ0v) is 16.7. The van der Waals surface area contributed by atoms with E-state index in [0.29, 0.717) is 0 Å². The normalized spacial score (nSPS) is 11.5. The molecule has 0 atom stereocenters. The summed E-state index contributed by atoms with van der Waals surface area (Å²) in [6.07, 6.45) is 0. The van der Waals surface area contributed by atoms with Gasteiger partial charge in [0.25, 0.3) is 0 Å². The van der Waals surface area contributed by atoms with Crippen molar-refractivity contribution in [1.82, 2.24) is 0 Å². The van der Waals surface area contributed by atoms with E-state index in [4.69, 9.17) is 4.74 Å². The second-order valence-corrected chi connectivity index (χ2v) is 7.75. The highest BCUT2D eigenvalue weighted by Gasteiger charge is 2.23. The molecule has 0 spiro atoms. The maximum atomic E-state index is 5.48. The van der Waals surface area contributed by atoms with Gasteiger partial charge in [-0.25, -0.2) is 0 Å². The zero-order chi connectivity index (χ0) is 20.1. The first-order chi connectivity index (χ1) is 14.8. The van der Waals surface area contributed by atoms with Gasteiger partial charge in [0.2, 0.25) is 0 Å². The summed E-state index contributed by atoms with van der Waals surface area (Å²) in [5.74, 6) is 0.898. The van der Waals surface area contributed by atoms with Crippen molar-refractivity contribution in [2.24, 2.45) is 0 Å². The molecule has 1 aliphatic rings. The lowest BCUT2D eigenvalue weighted by atomic mass is 9.92. The Morgan fingerprint density at radius 1 is 0.467 bits per heavy atom. The Morgan fingerprint density at radius 3 is 2.03 bits per heavy atom. The van der Waals surface area contributed by atoms with Gasteiger partial charge >= 0.3 is 0 Å². The molecular weight excluding hydrogens is 364 g/mol. The van der Waals surface area contributed by atoms with E-state index in [1.165, 1.54) is 55.3 Å². The van der Waals surface area contributed by atoms with Gasteiger partial charge in [0.05, 0.1) is 7.11 Å². The first-order valence-corrected chi connectivity index (χ1v) is 10.2. The lowest BCUT2D eigenvalue weighted by Gasteiger charge is -2.11. The molecule has 1 aliphatic carbocycles. The van der Waals surface area contributed by atoms with Crippen molar-refractivity contribution in [1.29, 1.82) is 0 Å². The molecule has 0 aromatic heterocycles. The summed E-state index contributed by atoms with van der Waals surface area (Å²) in [5.41, 5.74) is 10.1. The Labute approximate surface area is 176 Å². The third kappa shape index (κ3) is 2.49. The third-order valence-electron chi connectivity index (χ3n) is 6.13. The predicted octanol–water partition coefficient (Wildman–Crippen LogP) is 7.83. The second kappa shape index (κ2) is 6.60. The molecule has 0 N–H and O–H groups in total. The SMILES string of the molecule is COc1ccc2c(c1)-c1cccc3c(-c4cccc(-c5ccccc5)c4)ccc-2c13. The highest BCUT2D eigenvalue weighted by Crippen LogP contribution is 2.50. The zero-order valence-electron chi connectivity index (χ0n) is 16.7. The Balaban J connectivity index is 1.57. The van der Waals surface area contributed by atoms with Gasteiger partial charge < -0.3 is 4.74 Å². The lowest BCUT2D eigenvalue weighted by Crippen LogP contribution is -1.85. The molecule has 142 valence electrons. The van der Waals surface area contributed by atoms with Crippen LogP contribution in [0.4, 0.5) is 0 Å². The van der Waals surface area contributed by atoms with Gasteiger partial charge in [-0.15, -0.1) is 0 Å². The Bertz CT molecular complexity index is 1410. The van der Waals surface area contributed by atoms with E-state index in [-0.39, 0.29) is 0 Å². The highest BCUT2D eigenvalue weighted by atomic mass is 16.5. The monoisotopic (exact) mass is 384 g/mol. The number of ether oxygens (including phenoxy) is 1. The summed E-state index contributed by atoms with van der Waals surface area (Å²) in [4.78, 5) is 0. The van der Waals surface area contributed by atoms with Gasteiger partial charge in [-0.3, -0.25) is 0 Å². The molecule has 0 saturated carbocycles. The van der Waals surface area contributed by atoms with Crippen molar-refractivity contribution in [3.8, 4) is 50.3 Å². The summed E-state index contributed by atoms with van der Waals surface area (Å²) in [6.45, 7) is 0. The molecule has 0 aliphatic heterocycles. The minimum Gasteiger partial charge on any atom is -0.497 e. The minimum atomic E-state index is 0.898. The highest BCUT2D eigenvalue weighted by molar-refractivity contribution is 6.18. The molecule has 0 radical (unpaired) electrons. The van der Waals surface area contributed by atoms with Gasteiger partial charge in [0, 0.05) is 0 Å². The van der Waals surface area contributed by atoms with E-state index in [2.05, 4.69) is 97.1 Å². The van der Waals surface area contributed by atoms with Gasteiger partial charge in [-0.2, -0.15) is 0 Å². The first-order valence-electron chi connectivity index (χ1n) is 10.2. The van der Waals surface area contributed by atoms with Crippen LogP contribution in [0, 0.1) is 0 Å². The number of benzene rings is 5. The van der Waals surface area contributed by atoms with Crippen LogP contribution in [-0.4, -0.2) is 7.11 Å². The lowest BCUT2D eigenvalue weighted by molar-refractivity contribution is 0.415. The minimum absolute atomic E-state index is 0.898. The fourth-order valence-electron chi connectivity index (χ4n) is 4.71. The molecular formula is C29H20O. The molecule has 5 aromatic rings. The van der Waals surface area contributed by atoms with Crippen LogP contribution in [0.15, 0.2) is 103 Å². The number of fused-ring (bicyclic) bond motifs is 3. The average Bonchev–Trinajstić information content (AvgIpc) is 3.15. The predicted molar refractivity (Wildman–Crippen MR) is 126 cm³/mol. The van der Waals surface area contributed by atoms with Crippen molar-refractivity contribution >= 4 is 10.8 Å². The van der Waals surface area contributed by atoms with Crippen LogP contribution in [0.5, 0.6) is 5.75 Å². The molecule has 0 unspecified atom stereocenters. The van der Waals surface area contributed by atoms with Crippen LogP contribution in [-0.2, 0) is 0 Å². The van der Waals surface area contributed by atoms with Crippen molar-refractivity contribution < 1.29 is 4.74 Å². The van der Waals surface area contributed by atoms with E-state index >= 15 is 0 Å². The van der Waals surface area contributed by atoms with E-state index in [1.54, 1.807) is 7.11 Å². The van der Waals surface area contributed by atoms with Crippen molar-refractivity contribution in [2.75, 3.05) is 7.11 Å². The van der Waals surface area contributed by atoms with Crippen LogP contribution in [0.25, 0.3) is 55.3 Å². The van der Waals surface area contributed by atoms with Crippen LogP contribution < -0.4 is 4.74 Å². The van der Waals surface area contributed by atoms with Crippen LogP contribution in [0.1, 0.15) is 0 Å². The maximum absolute atomic E-state index is 5.48. The summed E-state index contributed by atoms with van der Waals surface area (Å²) in [7, 11) is 1.72. The number of methoxy groups -OCH3 is 1. The molecule has 1 nitrogen and oxygen atoms in total. The van der Waals surface area contributed by atoms with E-state index < -0.39 is 0 Å². The average molecular weight is 384 g/mol. The molecule has 6 rings (SSSR count). The van der Waals surface area contributed by atoms with Crippen LogP contribution >= 0.6 is 0 Å². The number of hydrogen-bond donors (Lipinski definition) is 0. The van der Waals surface area contributed by atoms with E-state index in [0.717, 1.165) is 5.75 Å². The second-order valence-electron chi connectivity index (χ2n) is 7.75. The van der Waals surface area contributed by atoms with Crippen molar-refractivity contribution in [3.63, 3.8) is 0 Å². The summed E-state index contributed by atoms with van der Waals surface area (Å²) in [6, 6.07) is 37.0. The topological polar surface area (TPSA) is 9.23 Å². The maximum Gasteiger partial charge on any atom is 0.119 e. The molecule has 30 heavy (non-hydrogen) atoms. The van der Waals surface area contributed by atoms with Gasteiger partial charge in [-0.1, -0.05) is 84.9 Å². The summed E-state index contributed by atoms with van der Waals surface area (Å²) in [5, 5.41) is 2.63. The Morgan fingerprint density at radius 2 is 1.17 bits per heavy atom. The van der Waals surface area contributed by atoms with Crippen LogP contribution in [0.2, 0.25) is 0 Å². The summed E-state index contributed by atoms with van der Waals surface area (Å²) >= 11 is 0. The molecule has 0 saturated heterocycles. The standard InChI is InChI=1S/C29H20O/c1-30-22-13-14-24-27-16-15-23(25-11-6-12-26(29(25)27)28(24)18-22)21-10-5-9-20(17-21)19-7-3-2-4-8-19/h2-18H,1H3. The van der Waals surface area contributed by atoms with E-state index in [9.17, 15) is 0 Å². The number of hydrogen-bond acceptors (Lipinski definition) is 1. The fraction of sp³-hybridized carbons (Fsp3) is 0.0345. The third-order valence-corrected chi connectivity index (χ3v) is 6.13. The largest absolute Gasteiger partial charge is 0.497 e. The molecule has 0 fully saturated rings. The molecule has 1 heteroatoms. The molecule has 0 amide bonds. The van der Waals surface area contributed by atoms with Crippen molar-refractivity contribution in [2.45, 2.75) is 0 Å².